The maximum absolute atomic E-state index is 12.1. The fourth-order valence-corrected chi connectivity index (χ4v) is 1.86. The second-order valence-corrected chi connectivity index (χ2v) is 4.72. The predicted octanol–water partition coefficient (Wildman–Crippen LogP) is 1.99. The Kier molecular flexibility index (Phi) is 5.51. The van der Waals surface area contributed by atoms with Crippen molar-refractivity contribution in [2.75, 3.05) is 6.61 Å². The molecule has 0 amide bonds. The summed E-state index contributed by atoms with van der Waals surface area (Å²) in [5, 5.41) is 0. The zero-order valence-electron chi connectivity index (χ0n) is 13.1. The van der Waals surface area contributed by atoms with Gasteiger partial charge in [-0.3, -0.25) is 0 Å². The van der Waals surface area contributed by atoms with Gasteiger partial charge in [-0.15, -0.1) is 0 Å². The summed E-state index contributed by atoms with van der Waals surface area (Å²) in [6, 6.07) is 12.4. The van der Waals surface area contributed by atoms with Crippen LogP contribution in [0.15, 0.2) is 53.5 Å². The molecule has 0 atom stereocenters. The average Bonchev–Trinajstić information content (AvgIpc) is 2.56. The van der Waals surface area contributed by atoms with Crippen molar-refractivity contribution in [2.24, 2.45) is 16.5 Å². The molecule has 0 saturated carbocycles. The SMILES string of the molecule is CCOC(=O)c1ccc(C(=O)Oc2ccc(N=C(N)N)cc2)cc1. The molecule has 124 valence electrons. The molecule has 0 aliphatic rings. The number of guanidine groups is 1. The van der Waals surface area contributed by atoms with Gasteiger partial charge in [0.2, 0.25) is 0 Å². The van der Waals surface area contributed by atoms with Crippen molar-refractivity contribution in [3.05, 3.63) is 59.7 Å². The number of carbonyl (C=O) groups excluding carboxylic acids is 2. The van der Waals surface area contributed by atoms with Crippen LogP contribution in [0.1, 0.15) is 27.6 Å². The molecule has 0 unspecified atom stereocenters. The number of carbonyl (C=O) groups is 2. The first-order valence-electron chi connectivity index (χ1n) is 7.18. The van der Waals surface area contributed by atoms with Gasteiger partial charge in [0, 0.05) is 0 Å². The summed E-state index contributed by atoms with van der Waals surface area (Å²) >= 11 is 0. The summed E-state index contributed by atoms with van der Waals surface area (Å²) in [7, 11) is 0. The number of nitrogens with two attached hydrogens (primary N) is 2. The Balaban J connectivity index is 2.04. The maximum Gasteiger partial charge on any atom is 0.343 e. The number of hydrogen-bond acceptors (Lipinski definition) is 5. The van der Waals surface area contributed by atoms with Gasteiger partial charge in [-0.2, -0.15) is 0 Å². The number of esters is 2. The highest BCUT2D eigenvalue weighted by Crippen LogP contribution is 2.19. The van der Waals surface area contributed by atoms with Crippen LogP contribution in [0.3, 0.4) is 0 Å². The highest BCUT2D eigenvalue weighted by atomic mass is 16.5. The maximum atomic E-state index is 12.1. The van der Waals surface area contributed by atoms with E-state index in [1.165, 1.54) is 24.3 Å². The zero-order valence-corrected chi connectivity index (χ0v) is 13.1. The fraction of sp³-hybridized carbons (Fsp3) is 0.118. The molecule has 0 bridgehead atoms. The van der Waals surface area contributed by atoms with E-state index in [1.807, 2.05) is 0 Å². The van der Waals surface area contributed by atoms with Crippen LogP contribution < -0.4 is 16.2 Å². The van der Waals surface area contributed by atoms with Gasteiger partial charge >= 0.3 is 11.9 Å². The molecule has 0 aromatic heterocycles. The average molecular weight is 327 g/mol. The molecular weight excluding hydrogens is 310 g/mol. The van der Waals surface area contributed by atoms with E-state index in [4.69, 9.17) is 20.9 Å². The number of ether oxygens (including phenoxy) is 2. The predicted molar refractivity (Wildman–Crippen MR) is 89.3 cm³/mol. The van der Waals surface area contributed by atoms with E-state index in [0.29, 0.717) is 29.2 Å². The van der Waals surface area contributed by atoms with Crippen molar-refractivity contribution in [2.45, 2.75) is 6.92 Å². The smallest absolute Gasteiger partial charge is 0.343 e. The van der Waals surface area contributed by atoms with Crippen molar-refractivity contribution in [1.82, 2.24) is 0 Å². The van der Waals surface area contributed by atoms with Crippen LogP contribution in [-0.2, 0) is 4.74 Å². The lowest BCUT2D eigenvalue weighted by atomic mass is 10.1. The lowest BCUT2D eigenvalue weighted by Gasteiger charge is -2.06. The van der Waals surface area contributed by atoms with Gasteiger partial charge in [-0.1, -0.05) is 0 Å². The highest BCUT2D eigenvalue weighted by Gasteiger charge is 2.11. The van der Waals surface area contributed by atoms with Gasteiger partial charge in [0.25, 0.3) is 0 Å². The Hall–Kier alpha value is -3.35. The summed E-state index contributed by atoms with van der Waals surface area (Å²) < 4.78 is 10.1. The van der Waals surface area contributed by atoms with Gasteiger partial charge < -0.3 is 20.9 Å². The van der Waals surface area contributed by atoms with Crippen LogP contribution in [0.5, 0.6) is 5.75 Å². The minimum Gasteiger partial charge on any atom is -0.462 e. The quantitative estimate of drug-likeness (QED) is 0.375. The first-order chi connectivity index (χ1) is 11.5. The van der Waals surface area contributed by atoms with E-state index < -0.39 is 11.9 Å². The van der Waals surface area contributed by atoms with Gasteiger partial charge in [-0.05, 0) is 55.5 Å². The Morgan fingerprint density at radius 3 is 1.96 bits per heavy atom. The van der Waals surface area contributed by atoms with Crippen LogP contribution in [0.25, 0.3) is 0 Å². The largest absolute Gasteiger partial charge is 0.462 e. The van der Waals surface area contributed by atoms with Crippen molar-refractivity contribution in [3.63, 3.8) is 0 Å². The molecule has 0 radical (unpaired) electrons. The monoisotopic (exact) mass is 327 g/mol. The second-order valence-electron chi connectivity index (χ2n) is 4.72. The number of hydrogen-bond donors (Lipinski definition) is 2. The van der Waals surface area contributed by atoms with Gasteiger partial charge in [-0.25, -0.2) is 14.6 Å². The number of rotatable bonds is 5. The van der Waals surface area contributed by atoms with Crippen molar-refractivity contribution in [1.29, 1.82) is 0 Å². The first kappa shape index (κ1) is 17.0. The third-order valence-corrected chi connectivity index (χ3v) is 2.94. The number of benzene rings is 2. The fourth-order valence-electron chi connectivity index (χ4n) is 1.86. The molecule has 0 spiro atoms. The zero-order chi connectivity index (χ0) is 17.5. The van der Waals surface area contributed by atoms with E-state index in [-0.39, 0.29) is 5.96 Å². The molecule has 7 nitrogen and oxygen atoms in total. The summed E-state index contributed by atoms with van der Waals surface area (Å²) in [4.78, 5) is 27.5. The van der Waals surface area contributed by atoms with E-state index in [9.17, 15) is 9.59 Å². The van der Waals surface area contributed by atoms with Gasteiger partial charge in [0.1, 0.15) is 5.75 Å². The summed E-state index contributed by atoms with van der Waals surface area (Å²) in [5.74, 6) is -0.682. The molecule has 0 fully saturated rings. The van der Waals surface area contributed by atoms with E-state index in [0.717, 1.165) is 0 Å². The highest BCUT2D eigenvalue weighted by molar-refractivity contribution is 5.94. The van der Waals surface area contributed by atoms with Crippen LogP contribution in [0.4, 0.5) is 5.69 Å². The summed E-state index contributed by atoms with van der Waals surface area (Å²) in [5.41, 5.74) is 11.8. The van der Waals surface area contributed by atoms with Gasteiger partial charge in [0.15, 0.2) is 5.96 Å². The van der Waals surface area contributed by atoms with Crippen LogP contribution in [-0.4, -0.2) is 24.5 Å². The Bertz CT molecular complexity index is 748. The van der Waals surface area contributed by atoms with E-state index in [2.05, 4.69) is 4.99 Å². The summed E-state index contributed by atoms with van der Waals surface area (Å²) in [6.45, 7) is 2.01. The standard InChI is InChI=1S/C17H17N3O4/c1-2-23-15(21)11-3-5-12(6-4-11)16(22)24-14-9-7-13(8-10-14)20-17(18)19/h3-10H,2H2,1H3,(H4,18,19,20). The summed E-state index contributed by atoms with van der Waals surface area (Å²) in [6.07, 6.45) is 0. The van der Waals surface area contributed by atoms with Crippen LogP contribution in [0, 0.1) is 0 Å². The third kappa shape index (κ3) is 4.57. The van der Waals surface area contributed by atoms with E-state index >= 15 is 0 Å². The Labute approximate surface area is 138 Å². The number of aliphatic imine (C=N–C) groups is 1. The first-order valence-corrected chi connectivity index (χ1v) is 7.18. The van der Waals surface area contributed by atoms with Crippen molar-refractivity contribution >= 4 is 23.6 Å². The van der Waals surface area contributed by atoms with Gasteiger partial charge in [0.05, 0.1) is 23.4 Å². The lowest BCUT2D eigenvalue weighted by Crippen LogP contribution is -2.21. The molecule has 7 heteroatoms. The Morgan fingerprint density at radius 1 is 0.917 bits per heavy atom. The van der Waals surface area contributed by atoms with Crippen LogP contribution >= 0.6 is 0 Å². The minimum absolute atomic E-state index is 0.0542. The number of nitrogens with zero attached hydrogens (tertiary/aromatic N) is 1. The molecule has 0 aliphatic carbocycles. The second kappa shape index (κ2) is 7.77. The molecule has 0 saturated heterocycles. The molecular formula is C17H17N3O4. The third-order valence-electron chi connectivity index (χ3n) is 2.94. The van der Waals surface area contributed by atoms with Crippen molar-refractivity contribution in [3.8, 4) is 5.75 Å². The topological polar surface area (TPSA) is 117 Å². The minimum atomic E-state index is -0.542. The Morgan fingerprint density at radius 2 is 1.46 bits per heavy atom. The molecule has 2 aromatic rings. The molecule has 0 aliphatic heterocycles. The molecule has 0 heterocycles. The molecule has 2 rings (SSSR count). The van der Waals surface area contributed by atoms with E-state index in [1.54, 1.807) is 31.2 Å². The van der Waals surface area contributed by atoms with Crippen LogP contribution in [0.2, 0.25) is 0 Å². The lowest BCUT2D eigenvalue weighted by molar-refractivity contribution is 0.0525. The molecule has 2 aromatic carbocycles. The normalized spacial score (nSPS) is 9.88. The molecule has 24 heavy (non-hydrogen) atoms. The van der Waals surface area contributed by atoms with Crippen molar-refractivity contribution < 1.29 is 19.1 Å². The molecule has 4 N–H and O–H groups in total.